The first-order valence-electron chi connectivity index (χ1n) is 9.15. The van der Waals surface area contributed by atoms with Crippen LogP contribution in [0.25, 0.3) is 0 Å². The molecule has 1 fully saturated rings. The molecule has 0 bridgehead atoms. The van der Waals surface area contributed by atoms with Gasteiger partial charge in [-0.1, -0.05) is 12.1 Å². The summed E-state index contributed by atoms with van der Waals surface area (Å²) in [5, 5.41) is 24.7. The molecular formula is C18H18N4O8S. The van der Waals surface area contributed by atoms with Crippen molar-refractivity contribution in [2.24, 2.45) is 0 Å². The van der Waals surface area contributed by atoms with E-state index in [4.69, 9.17) is 4.74 Å². The molecule has 3 rings (SSSR count). The van der Waals surface area contributed by atoms with E-state index in [0.717, 1.165) is 25.0 Å². The van der Waals surface area contributed by atoms with Gasteiger partial charge in [0.25, 0.3) is 11.6 Å². The molecule has 13 heteroatoms. The minimum atomic E-state index is -3.87. The van der Waals surface area contributed by atoms with Crippen molar-refractivity contribution in [2.75, 3.05) is 25.0 Å². The third-order valence-corrected chi connectivity index (χ3v) is 6.46. The van der Waals surface area contributed by atoms with Crippen LogP contribution in [0.2, 0.25) is 0 Å². The first kappa shape index (κ1) is 22.1. The van der Waals surface area contributed by atoms with Crippen molar-refractivity contribution in [1.29, 1.82) is 0 Å². The van der Waals surface area contributed by atoms with Crippen LogP contribution in [0.4, 0.5) is 17.1 Å². The number of nitrogens with zero attached hydrogens (tertiary/aromatic N) is 3. The van der Waals surface area contributed by atoms with Gasteiger partial charge in [0.15, 0.2) is 12.4 Å². The van der Waals surface area contributed by atoms with Crippen molar-refractivity contribution in [1.82, 2.24) is 4.31 Å². The minimum absolute atomic E-state index is 0.0531. The van der Waals surface area contributed by atoms with Crippen molar-refractivity contribution in [3.8, 4) is 5.75 Å². The summed E-state index contributed by atoms with van der Waals surface area (Å²) in [6.07, 6.45) is 1.44. The van der Waals surface area contributed by atoms with Gasteiger partial charge in [-0.3, -0.25) is 25.0 Å². The zero-order valence-corrected chi connectivity index (χ0v) is 16.9. The van der Waals surface area contributed by atoms with Crippen LogP contribution in [0, 0.1) is 20.2 Å². The van der Waals surface area contributed by atoms with Gasteiger partial charge >= 0.3 is 5.69 Å². The number of nitro benzene ring substituents is 2. The molecular weight excluding hydrogens is 432 g/mol. The highest BCUT2D eigenvalue weighted by Gasteiger charge is 2.30. The number of nitro groups is 2. The standard InChI is InChI=1S/C18H18N4O8S/c23-18(19-14-5-1-2-6-15(14)21(24)25)12-30-17-8-7-13(11-16(17)22(26)27)31(28,29)20-9-3-4-10-20/h1-2,5-8,11H,3-4,9-10,12H2,(H,19,23). The molecule has 31 heavy (non-hydrogen) atoms. The van der Waals surface area contributed by atoms with Gasteiger partial charge in [0, 0.05) is 25.2 Å². The maximum absolute atomic E-state index is 12.6. The highest BCUT2D eigenvalue weighted by Crippen LogP contribution is 2.32. The van der Waals surface area contributed by atoms with Gasteiger partial charge in [-0.2, -0.15) is 4.31 Å². The quantitative estimate of drug-likeness (QED) is 0.473. The van der Waals surface area contributed by atoms with Crippen LogP contribution in [0.15, 0.2) is 47.4 Å². The predicted molar refractivity (Wildman–Crippen MR) is 108 cm³/mol. The molecule has 12 nitrogen and oxygen atoms in total. The largest absolute Gasteiger partial charge is 0.477 e. The van der Waals surface area contributed by atoms with Crippen LogP contribution < -0.4 is 10.1 Å². The van der Waals surface area contributed by atoms with Crippen molar-refractivity contribution in [3.05, 3.63) is 62.7 Å². The summed E-state index contributed by atoms with van der Waals surface area (Å²) in [6, 6.07) is 8.65. The van der Waals surface area contributed by atoms with Gasteiger partial charge in [-0.05, 0) is 31.0 Å². The number of nitrogens with one attached hydrogen (secondary N) is 1. The molecule has 2 aromatic rings. The van der Waals surface area contributed by atoms with Crippen LogP contribution in [0.5, 0.6) is 5.75 Å². The number of hydrogen-bond donors (Lipinski definition) is 1. The second-order valence-corrected chi connectivity index (χ2v) is 8.55. The Bertz CT molecular complexity index is 1130. The molecule has 164 valence electrons. The zero-order chi connectivity index (χ0) is 22.6. The van der Waals surface area contributed by atoms with Gasteiger partial charge in [-0.15, -0.1) is 0 Å². The van der Waals surface area contributed by atoms with Gasteiger partial charge in [0.1, 0.15) is 5.69 Å². The number of hydrogen-bond acceptors (Lipinski definition) is 8. The van der Waals surface area contributed by atoms with Crippen LogP contribution in [0.3, 0.4) is 0 Å². The molecule has 0 radical (unpaired) electrons. The van der Waals surface area contributed by atoms with Crippen LogP contribution >= 0.6 is 0 Å². The molecule has 1 amide bonds. The monoisotopic (exact) mass is 450 g/mol. The lowest BCUT2D eigenvalue weighted by atomic mass is 10.2. The average molecular weight is 450 g/mol. The number of para-hydroxylation sites is 2. The summed E-state index contributed by atoms with van der Waals surface area (Å²) < 4.78 is 31.7. The Morgan fingerprint density at radius 2 is 1.68 bits per heavy atom. The van der Waals surface area contributed by atoms with E-state index in [1.807, 2.05) is 0 Å². The molecule has 0 saturated carbocycles. The Kier molecular flexibility index (Phi) is 6.46. The lowest BCUT2D eigenvalue weighted by Crippen LogP contribution is -2.28. The van der Waals surface area contributed by atoms with Crippen molar-refractivity contribution in [3.63, 3.8) is 0 Å². The molecule has 0 unspecified atom stereocenters. The topological polar surface area (TPSA) is 162 Å². The number of carbonyl (C=O) groups is 1. The summed E-state index contributed by atoms with van der Waals surface area (Å²) in [5.74, 6) is -1.08. The average Bonchev–Trinajstić information content (AvgIpc) is 3.28. The molecule has 1 aliphatic rings. The molecule has 1 heterocycles. The Labute approximate surface area is 176 Å². The van der Waals surface area contributed by atoms with E-state index in [9.17, 15) is 33.4 Å². The maximum Gasteiger partial charge on any atom is 0.312 e. The summed E-state index contributed by atoms with van der Waals surface area (Å²) >= 11 is 0. The Morgan fingerprint density at radius 3 is 2.32 bits per heavy atom. The molecule has 1 N–H and O–H groups in total. The first-order valence-corrected chi connectivity index (χ1v) is 10.6. The van der Waals surface area contributed by atoms with E-state index >= 15 is 0 Å². The maximum atomic E-state index is 12.6. The summed E-state index contributed by atoms with van der Waals surface area (Å²) in [4.78, 5) is 32.8. The number of carbonyl (C=O) groups excluding carboxylic acids is 1. The van der Waals surface area contributed by atoms with Crippen molar-refractivity contribution in [2.45, 2.75) is 17.7 Å². The second kappa shape index (κ2) is 9.06. The smallest absolute Gasteiger partial charge is 0.312 e. The SMILES string of the molecule is O=C(COc1ccc(S(=O)(=O)N2CCCC2)cc1[N+](=O)[O-])Nc1ccccc1[N+](=O)[O-]. The van der Waals surface area contributed by atoms with Gasteiger partial charge in [-0.25, -0.2) is 8.42 Å². The second-order valence-electron chi connectivity index (χ2n) is 6.61. The highest BCUT2D eigenvalue weighted by molar-refractivity contribution is 7.89. The zero-order valence-electron chi connectivity index (χ0n) is 16.1. The lowest BCUT2D eigenvalue weighted by molar-refractivity contribution is -0.386. The Hall–Kier alpha value is -3.58. The number of sulfonamides is 1. The highest BCUT2D eigenvalue weighted by atomic mass is 32.2. The van der Waals surface area contributed by atoms with E-state index in [-0.39, 0.29) is 22.0 Å². The van der Waals surface area contributed by atoms with Crippen LogP contribution in [-0.2, 0) is 14.8 Å². The summed E-state index contributed by atoms with van der Waals surface area (Å²) in [7, 11) is -3.87. The normalized spacial score (nSPS) is 14.2. The summed E-state index contributed by atoms with van der Waals surface area (Å²) in [5.41, 5.74) is -0.986. The van der Waals surface area contributed by atoms with Gasteiger partial charge in [0.05, 0.1) is 14.7 Å². The number of anilines is 1. The number of amides is 1. The third kappa shape index (κ3) is 4.95. The molecule has 1 aliphatic heterocycles. The number of rotatable bonds is 8. The van der Waals surface area contributed by atoms with Crippen LogP contribution in [-0.4, -0.2) is 48.2 Å². The molecule has 0 aliphatic carbocycles. The Balaban J connectivity index is 1.75. The fraction of sp³-hybridized carbons (Fsp3) is 0.278. The number of ether oxygens (including phenoxy) is 1. The van der Waals surface area contributed by atoms with E-state index in [1.54, 1.807) is 0 Å². The minimum Gasteiger partial charge on any atom is -0.477 e. The molecule has 1 saturated heterocycles. The van der Waals surface area contributed by atoms with Gasteiger partial charge < -0.3 is 10.1 Å². The van der Waals surface area contributed by atoms with Crippen LogP contribution in [0.1, 0.15) is 12.8 Å². The van der Waals surface area contributed by atoms with E-state index in [1.165, 1.54) is 34.6 Å². The van der Waals surface area contributed by atoms with Crippen molar-refractivity contribution < 1.29 is 27.8 Å². The third-order valence-electron chi connectivity index (χ3n) is 4.56. The molecule has 0 aromatic heterocycles. The van der Waals surface area contributed by atoms with E-state index < -0.39 is 38.1 Å². The lowest BCUT2D eigenvalue weighted by Gasteiger charge is -2.16. The Morgan fingerprint density at radius 1 is 1.03 bits per heavy atom. The van der Waals surface area contributed by atoms with E-state index in [2.05, 4.69) is 5.32 Å². The van der Waals surface area contributed by atoms with Crippen molar-refractivity contribution >= 4 is 33.0 Å². The fourth-order valence-corrected chi connectivity index (χ4v) is 4.61. The predicted octanol–water partition coefficient (Wildman–Crippen LogP) is 2.31. The summed E-state index contributed by atoms with van der Waals surface area (Å²) in [6.45, 7) is 0.0193. The molecule has 0 spiro atoms. The molecule has 0 atom stereocenters. The van der Waals surface area contributed by atoms with E-state index in [0.29, 0.717) is 13.1 Å². The first-order chi connectivity index (χ1) is 14.7. The fourth-order valence-electron chi connectivity index (χ4n) is 3.07. The number of benzene rings is 2. The van der Waals surface area contributed by atoms with Gasteiger partial charge in [0.2, 0.25) is 10.0 Å². The molecule has 2 aromatic carbocycles.